The molecule has 2 N–H and O–H groups in total. The van der Waals surface area contributed by atoms with Gasteiger partial charge in [0.25, 0.3) is 0 Å². The first-order valence-electron chi connectivity index (χ1n) is 9.29. The molecule has 0 saturated heterocycles. The summed E-state index contributed by atoms with van der Waals surface area (Å²) in [7, 11) is 0. The molecule has 2 aliphatic carbocycles. The van der Waals surface area contributed by atoms with E-state index in [1.165, 1.54) is 0 Å². The molecule has 11 heteroatoms. The van der Waals surface area contributed by atoms with Gasteiger partial charge in [-0.25, -0.2) is 0 Å². The fourth-order valence-electron chi connectivity index (χ4n) is 1.96. The summed E-state index contributed by atoms with van der Waals surface area (Å²) in [6.07, 6.45) is 3.00. The van der Waals surface area contributed by atoms with Crippen molar-refractivity contribution in [2.45, 2.75) is 52.9 Å². The van der Waals surface area contributed by atoms with Gasteiger partial charge in [-0.3, -0.25) is 14.4 Å². The van der Waals surface area contributed by atoms with E-state index in [1.54, 1.807) is 19.9 Å². The molecule has 0 aromatic rings. The van der Waals surface area contributed by atoms with Crippen molar-refractivity contribution in [2.24, 2.45) is 16.6 Å². The van der Waals surface area contributed by atoms with Crippen LogP contribution in [-0.2, 0) is 45.1 Å². The second kappa shape index (κ2) is 17.1. The Hall–Kier alpha value is -1.62. The Kier molecular flexibility index (Phi) is 18.8. The van der Waals surface area contributed by atoms with E-state index in [-0.39, 0.29) is 57.6 Å². The molecule has 0 atom stereocenters. The van der Waals surface area contributed by atoms with Crippen molar-refractivity contribution in [3.05, 3.63) is 0 Å². The molecular weight excluding hydrogens is 452 g/mol. The van der Waals surface area contributed by atoms with Crippen LogP contribution in [0.15, 0.2) is 0 Å². The molecule has 2 aliphatic rings. The molecule has 1 radical (unpaired) electrons. The fourth-order valence-corrected chi connectivity index (χ4v) is 1.96. The van der Waals surface area contributed by atoms with Crippen LogP contribution in [0, 0.1) is 33.5 Å². The minimum absolute atomic E-state index is 0. The molecule has 2 rings (SSSR count). The van der Waals surface area contributed by atoms with Crippen LogP contribution in [-0.4, -0.2) is 61.6 Å². The first-order chi connectivity index (χ1) is 13.3. The maximum Gasteiger partial charge on any atom is 0.326 e. The molecule has 0 bridgehead atoms. The SMILES string of the molecule is CCOC(=O)C1(C#N)CC1.CCOC(=O)C1(CN)CC1.CCOC(=O)CC#N.[AlH2].[Ni]. The topological polar surface area (TPSA) is 152 Å². The van der Waals surface area contributed by atoms with Crippen molar-refractivity contribution >= 4 is 35.3 Å². The number of rotatable bonds is 7. The molecule has 2 saturated carbocycles. The monoisotopic (exact) mass is 482 g/mol. The van der Waals surface area contributed by atoms with Crippen molar-refractivity contribution in [3.8, 4) is 12.1 Å². The number of hydrogen-bond acceptors (Lipinski definition) is 9. The Morgan fingerprint density at radius 2 is 1.37 bits per heavy atom. The van der Waals surface area contributed by atoms with E-state index in [0.29, 0.717) is 39.2 Å². The van der Waals surface area contributed by atoms with Crippen LogP contribution < -0.4 is 5.73 Å². The fraction of sp³-hybridized carbons (Fsp3) is 0.737. The van der Waals surface area contributed by atoms with Gasteiger partial charge in [0.15, 0.2) is 5.41 Å². The number of carbonyl (C=O) groups is 3. The Bertz CT molecular complexity index is 625. The zero-order valence-corrected chi connectivity index (χ0v) is 21.1. The van der Waals surface area contributed by atoms with Gasteiger partial charge in [-0.15, -0.1) is 0 Å². The van der Waals surface area contributed by atoms with Crippen LogP contribution >= 0.6 is 0 Å². The van der Waals surface area contributed by atoms with Crippen LogP contribution in [0.4, 0.5) is 0 Å². The summed E-state index contributed by atoms with van der Waals surface area (Å²) in [4.78, 5) is 32.2. The number of ether oxygens (including phenoxy) is 3. The van der Waals surface area contributed by atoms with Gasteiger partial charge in [0.1, 0.15) is 23.8 Å². The molecule has 0 spiro atoms. The van der Waals surface area contributed by atoms with Gasteiger partial charge >= 0.3 is 17.9 Å². The average molecular weight is 483 g/mol. The summed E-state index contributed by atoms with van der Waals surface area (Å²) >= 11 is 0. The summed E-state index contributed by atoms with van der Waals surface area (Å²) in [5.41, 5.74) is 4.36. The maximum atomic E-state index is 11.1. The van der Waals surface area contributed by atoms with Crippen LogP contribution in [0.3, 0.4) is 0 Å². The molecule has 0 aliphatic heterocycles. The normalized spacial score (nSPS) is 15.1. The standard InChI is InChI=1S/C7H13NO2.C7H9NO2.C5H7NO2.Al.Ni.2H/c2*1-2-10-6(9)7(5-8)3-4-7;1-2-8-5(7)3-4-6;;;;/h2-5,8H2,1H3;2-4H2,1H3;2-3H2,1H3;;;;. The average Bonchev–Trinajstić information content (AvgIpc) is 3.58. The molecule has 0 amide bonds. The maximum absolute atomic E-state index is 11.1. The molecule has 0 heterocycles. The van der Waals surface area contributed by atoms with Gasteiger partial charge in [0.2, 0.25) is 0 Å². The minimum atomic E-state index is -0.754. The first-order valence-corrected chi connectivity index (χ1v) is 9.29. The van der Waals surface area contributed by atoms with E-state index in [0.717, 1.165) is 12.8 Å². The zero-order chi connectivity index (χ0) is 21.6. The van der Waals surface area contributed by atoms with Gasteiger partial charge in [0, 0.05) is 23.0 Å². The van der Waals surface area contributed by atoms with Crippen molar-refractivity contribution in [1.29, 1.82) is 10.5 Å². The van der Waals surface area contributed by atoms with Crippen LogP contribution in [0.25, 0.3) is 0 Å². The molecule has 9 nitrogen and oxygen atoms in total. The van der Waals surface area contributed by atoms with Crippen LogP contribution in [0.1, 0.15) is 52.9 Å². The van der Waals surface area contributed by atoms with Gasteiger partial charge in [-0.2, -0.15) is 10.5 Å². The third kappa shape index (κ3) is 11.5. The number of carbonyl (C=O) groups excluding carboxylic acids is 3. The predicted molar refractivity (Wildman–Crippen MR) is 107 cm³/mol. The Labute approximate surface area is 198 Å². The third-order valence-corrected chi connectivity index (χ3v) is 4.11. The van der Waals surface area contributed by atoms with E-state index < -0.39 is 11.4 Å². The van der Waals surface area contributed by atoms with E-state index in [1.807, 2.05) is 13.0 Å². The van der Waals surface area contributed by atoms with Gasteiger partial charge in [-0.05, 0) is 46.5 Å². The molecule has 0 aromatic carbocycles. The Morgan fingerprint density at radius 3 is 1.67 bits per heavy atom. The second-order valence-electron chi connectivity index (χ2n) is 6.26. The van der Waals surface area contributed by atoms with Crippen molar-refractivity contribution < 1.29 is 45.1 Å². The molecule has 2 fully saturated rings. The minimum Gasteiger partial charge on any atom is -0.466 e. The first kappa shape index (κ1) is 33.0. The number of hydrogen-bond donors (Lipinski definition) is 1. The predicted octanol–water partition coefficient (Wildman–Crippen LogP) is 0.686. The largest absolute Gasteiger partial charge is 0.466 e. The van der Waals surface area contributed by atoms with Crippen LogP contribution in [0.5, 0.6) is 0 Å². The molecule has 171 valence electrons. The number of esters is 3. The molecule has 0 unspecified atom stereocenters. The smallest absolute Gasteiger partial charge is 0.326 e. The number of nitrogens with zero attached hydrogens (tertiary/aromatic N) is 2. The summed E-state index contributed by atoms with van der Waals surface area (Å²) in [5, 5.41) is 16.4. The third-order valence-electron chi connectivity index (χ3n) is 4.11. The summed E-state index contributed by atoms with van der Waals surface area (Å²) in [6, 6.07) is 3.64. The molecule has 30 heavy (non-hydrogen) atoms. The van der Waals surface area contributed by atoms with Crippen molar-refractivity contribution in [3.63, 3.8) is 0 Å². The quantitative estimate of drug-likeness (QED) is 0.313. The van der Waals surface area contributed by atoms with E-state index in [4.69, 9.17) is 25.7 Å². The van der Waals surface area contributed by atoms with E-state index in [2.05, 4.69) is 4.74 Å². The molecular formula is C19H31AlN3NiO6. The van der Waals surface area contributed by atoms with Crippen molar-refractivity contribution in [2.75, 3.05) is 26.4 Å². The van der Waals surface area contributed by atoms with Crippen molar-refractivity contribution in [1.82, 2.24) is 0 Å². The summed E-state index contributed by atoms with van der Waals surface area (Å²) in [6.45, 7) is 6.86. The zero-order valence-electron chi connectivity index (χ0n) is 18.1. The summed E-state index contributed by atoms with van der Waals surface area (Å²) in [5.74, 6) is -0.912. The van der Waals surface area contributed by atoms with Gasteiger partial charge < -0.3 is 19.9 Å². The number of nitrogens with two attached hydrogens (primary N) is 1. The van der Waals surface area contributed by atoms with E-state index in [9.17, 15) is 14.4 Å². The van der Waals surface area contributed by atoms with Gasteiger partial charge in [0.05, 0.1) is 37.4 Å². The Morgan fingerprint density at radius 1 is 0.900 bits per heavy atom. The summed E-state index contributed by atoms with van der Waals surface area (Å²) < 4.78 is 14.0. The Balaban J connectivity index is -0.000000356. The second-order valence-corrected chi connectivity index (χ2v) is 6.26. The van der Waals surface area contributed by atoms with Crippen LogP contribution in [0.2, 0.25) is 0 Å². The van der Waals surface area contributed by atoms with Gasteiger partial charge in [-0.1, -0.05) is 0 Å². The number of nitriles is 2. The van der Waals surface area contributed by atoms with E-state index >= 15 is 0 Å². The molecule has 0 aromatic heterocycles.